The zero-order valence-electron chi connectivity index (χ0n) is 19.2. The van der Waals surface area contributed by atoms with Crippen molar-refractivity contribution in [3.05, 3.63) is 107 Å². The molecule has 2 aromatic carbocycles. The molecule has 35 heavy (non-hydrogen) atoms. The summed E-state index contributed by atoms with van der Waals surface area (Å²) in [4.78, 5) is 43.2. The van der Waals surface area contributed by atoms with E-state index in [1.807, 2.05) is 30.3 Å². The molecule has 0 saturated carbocycles. The standard InChI is InChI=1S/C27H27ClN4O3/c1-3-14-29-25(33)21(16-18-8-6-5-7-9-18)32-17-22-23(26(32)34)24(19-10-12-20(28)13-11-19)30-27(35)31(22)15-4-2/h3-13,21,24H,1-2,14-17H2,(H,29,33)(H,30,35)/t21-,24+/m0/s1. The Labute approximate surface area is 209 Å². The molecule has 4 rings (SSSR count). The molecule has 0 aromatic heterocycles. The summed E-state index contributed by atoms with van der Waals surface area (Å²) in [5.74, 6) is -0.566. The third-order valence-corrected chi connectivity index (χ3v) is 6.39. The van der Waals surface area contributed by atoms with Crippen LogP contribution in [0.4, 0.5) is 4.79 Å². The van der Waals surface area contributed by atoms with Crippen molar-refractivity contribution >= 4 is 29.4 Å². The molecule has 2 aliphatic heterocycles. The summed E-state index contributed by atoms with van der Waals surface area (Å²) >= 11 is 6.06. The van der Waals surface area contributed by atoms with E-state index >= 15 is 0 Å². The first-order chi connectivity index (χ1) is 16.9. The molecule has 2 aromatic rings. The number of urea groups is 1. The normalized spacial score (nSPS) is 18.1. The molecule has 2 atom stereocenters. The number of hydrogen-bond acceptors (Lipinski definition) is 3. The van der Waals surface area contributed by atoms with Crippen LogP contribution in [0.15, 0.2) is 91.2 Å². The SMILES string of the molecule is C=CCNC(=O)[C@H](Cc1ccccc1)N1CC2=C(C1=O)[C@@H](c1ccc(Cl)cc1)NC(=O)N2CC=C. The lowest BCUT2D eigenvalue weighted by molar-refractivity contribution is -0.136. The summed E-state index contributed by atoms with van der Waals surface area (Å²) in [7, 11) is 0. The van der Waals surface area contributed by atoms with E-state index in [1.54, 1.807) is 41.3 Å². The van der Waals surface area contributed by atoms with E-state index in [2.05, 4.69) is 23.8 Å². The van der Waals surface area contributed by atoms with Crippen LogP contribution in [-0.2, 0) is 16.0 Å². The first-order valence-electron chi connectivity index (χ1n) is 11.4. The van der Waals surface area contributed by atoms with Gasteiger partial charge in [-0.1, -0.05) is 66.2 Å². The molecule has 0 bridgehead atoms. The third kappa shape index (κ3) is 5.00. The number of nitrogens with zero attached hydrogens (tertiary/aromatic N) is 2. The van der Waals surface area contributed by atoms with Gasteiger partial charge in [0.1, 0.15) is 6.04 Å². The van der Waals surface area contributed by atoms with Gasteiger partial charge in [0.05, 0.1) is 23.9 Å². The Bertz CT molecular complexity index is 1180. The van der Waals surface area contributed by atoms with E-state index in [1.165, 1.54) is 4.90 Å². The molecule has 2 aliphatic rings. The summed E-state index contributed by atoms with van der Waals surface area (Å²) in [5, 5.41) is 6.32. The highest BCUT2D eigenvalue weighted by molar-refractivity contribution is 6.30. The van der Waals surface area contributed by atoms with Gasteiger partial charge in [0.15, 0.2) is 0 Å². The molecule has 0 saturated heterocycles. The molecule has 0 aliphatic carbocycles. The summed E-state index contributed by atoms with van der Waals surface area (Å²) < 4.78 is 0. The minimum atomic E-state index is -0.762. The van der Waals surface area contributed by atoms with Crippen molar-refractivity contribution in [2.45, 2.75) is 18.5 Å². The Balaban J connectivity index is 1.73. The van der Waals surface area contributed by atoms with Gasteiger partial charge in [-0.05, 0) is 23.3 Å². The predicted molar refractivity (Wildman–Crippen MR) is 136 cm³/mol. The maximum atomic E-state index is 13.9. The predicted octanol–water partition coefficient (Wildman–Crippen LogP) is 3.60. The van der Waals surface area contributed by atoms with E-state index in [0.717, 1.165) is 11.1 Å². The molecular formula is C27H27ClN4O3. The molecule has 0 unspecified atom stereocenters. The highest BCUT2D eigenvalue weighted by atomic mass is 35.5. The highest BCUT2D eigenvalue weighted by Crippen LogP contribution is 2.37. The molecule has 0 fully saturated rings. The number of amides is 4. The molecule has 0 spiro atoms. The Hall–Kier alpha value is -3.84. The average Bonchev–Trinajstić information content (AvgIpc) is 3.20. The van der Waals surface area contributed by atoms with Crippen LogP contribution >= 0.6 is 11.6 Å². The monoisotopic (exact) mass is 490 g/mol. The summed E-state index contributed by atoms with van der Waals surface area (Å²) in [5.41, 5.74) is 2.69. The van der Waals surface area contributed by atoms with Gasteiger partial charge in [-0.25, -0.2) is 4.79 Å². The van der Waals surface area contributed by atoms with Crippen molar-refractivity contribution in [1.82, 2.24) is 20.4 Å². The first-order valence-corrected chi connectivity index (χ1v) is 11.7. The first kappa shape index (κ1) is 24.3. The zero-order valence-corrected chi connectivity index (χ0v) is 20.0. The fourth-order valence-corrected chi connectivity index (χ4v) is 4.59. The minimum absolute atomic E-state index is 0.137. The molecule has 8 heteroatoms. The van der Waals surface area contributed by atoms with Gasteiger partial charge in [0, 0.05) is 24.5 Å². The molecule has 180 valence electrons. The van der Waals surface area contributed by atoms with Gasteiger partial charge in [-0.3, -0.25) is 14.5 Å². The molecule has 7 nitrogen and oxygen atoms in total. The number of carbonyl (C=O) groups excluding carboxylic acids is 3. The number of hydrogen-bond donors (Lipinski definition) is 2. The van der Waals surface area contributed by atoms with Gasteiger partial charge in [0.25, 0.3) is 5.91 Å². The van der Waals surface area contributed by atoms with Crippen LogP contribution in [0.3, 0.4) is 0 Å². The summed E-state index contributed by atoms with van der Waals surface area (Å²) in [6, 6.07) is 14.8. The van der Waals surface area contributed by atoms with Crippen LogP contribution in [0.1, 0.15) is 17.2 Å². The second kappa shape index (κ2) is 10.6. The molecule has 2 N–H and O–H groups in total. The molecule has 4 amide bonds. The molecule has 0 radical (unpaired) electrons. The second-order valence-corrected chi connectivity index (χ2v) is 8.80. The van der Waals surface area contributed by atoms with Gasteiger partial charge in [-0.15, -0.1) is 13.2 Å². The van der Waals surface area contributed by atoms with Crippen LogP contribution < -0.4 is 10.6 Å². The summed E-state index contributed by atoms with van der Waals surface area (Å²) in [6.07, 6.45) is 3.54. The van der Waals surface area contributed by atoms with Crippen LogP contribution in [-0.4, -0.2) is 53.3 Å². The van der Waals surface area contributed by atoms with E-state index < -0.39 is 12.1 Å². The number of rotatable bonds is 9. The number of nitrogens with one attached hydrogen (secondary N) is 2. The lowest BCUT2D eigenvalue weighted by atomic mass is 9.95. The lowest BCUT2D eigenvalue weighted by Crippen LogP contribution is -2.50. The number of carbonyl (C=O) groups is 3. The van der Waals surface area contributed by atoms with Crippen molar-refractivity contribution in [1.29, 1.82) is 0 Å². The highest BCUT2D eigenvalue weighted by Gasteiger charge is 2.46. The van der Waals surface area contributed by atoms with Gasteiger partial charge in [-0.2, -0.15) is 0 Å². The van der Waals surface area contributed by atoms with Gasteiger partial charge >= 0.3 is 6.03 Å². The van der Waals surface area contributed by atoms with Gasteiger partial charge < -0.3 is 15.5 Å². The average molecular weight is 491 g/mol. The van der Waals surface area contributed by atoms with Crippen LogP contribution in [0.2, 0.25) is 5.02 Å². The summed E-state index contributed by atoms with van der Waals surface area (Å²) in [6.45, 7) is 8.08. The Kier molecular flexibility index (Phi) is 7.36. The van der Waals surface area contributed by atoms with Crippen molar-refractivity contribution in [2.24, 2.45) is 0 Å². The Morgan fingerprint density at radius 3 is 2.49 bits per heavy atom. The zero-order chi connectivity index (χ0) is 24.9. The maximum Gasteiger partial charge on any atom is 0.322 e. The second-order valence-electron chi connectivity index (χ2n) is 8.37. The third-order valence-electron chi connectivity index (χ3n) is 6.14. The fourth-order valence-electron chi connectivity index (χ4n) is 4.46. The van der Waals surface area contributed by atoms with E-state index in [0.29, 0.717) is 22.7 Å². The largest absolute Gasteiger partial charge is 0.351 e. The molecular weight excluding hydrogens is 464 g/mol. The lowest BCUT2D eigenvalue weighted by Gasteiger charge is -2.33. The van der Waals surface area contributed by atoms with Crippen LogP contribution in [0.25, 0.3) is 0 Å². The van der Waals surface area contributed by atoms with Crippen molar-refractivity contribution in [3.8, 4) is 0 Å². The van der Waals surface area contributed by atoms with Crippen LogP contribution in [0, 0.1) is 0 Å². The Morgan fingerprint density at radius 1 is 1.11 bits per heavy atom. The van der Waals surface area contributed by atoms with E-state index in [-0.39, 0.29) is 37.5 Å². The minimum Gasteiger partial charge on any atom is -0.351 e. The maximum absolute atomic E-state index is 13.9. The Morgan fingerprint density at radius 2 is 1.83 bits per heavy atom. The number of benzene rings is 2. The van der Waals surface area contributed by atoms with Crippen molar-refractivity contribution < 1.29 is 14.4 Å². The van der Waals surface area contributed by atoms with Crippen molar-refractivity contribution in [2.75, 3.05) is 19.6 Å². The topological polar surface area (TPSA) is 81.8 Å². The van der Waals surface area contributed by atoms with Crippen LogP contribution in [0.5, 0.6) is 0 Å². The van der Waals surface area contributed by atoms with Crippen molar-refractivity contribution in [3.63, 3.8) is 0 Å². The fraction of sp³-hybridized carbons (Fsp3) is 0.222. The number of halogens is 1. The molecule has 2 heterocycles. The van der Waals surface area contributed by atoms with Gasteiger partial charge in [0.2, 0.25) is 5.91 Å². The quantitative estimate of drug-likeness (QED) is 0.527. The van der Waals surface area contributed by atoms with E-state index in [9.17, 15) is 14.4 Å². The smallest absolute Gasteiger partial charge is 0.322 e. The van der Waals surface area contributed by atoms with E-state index in [4.69, 9.17) is 11.6 Å².